The van der Waals surface area contributed by atoms with Crippen LogP contribution in [0.25, 0.3) is 16.9 Å². The van der Waals surface area contributed by atoms with Crippen LogP contribution >= 0.6 is 0 Å². The van der Waals surface area contributed by atoms with Gasteiger partial charge in [0, 0.05) is 23.5 Å². The molecule has 0 unspecified atom stereocenters. The van der Waals surface area contributed by atoms with E-state index in [1.165, 1.54) is 12.1 Å². The van der Waals surface area contributed by atoms with Gasteiger partial charge in [-0.1, -0.05) is 0 Å². The molecule has 0 aliphatic carbocycles. The molecule has 0 saturated heterocycles. The number of pyridine rings is 1. The minimum atomic E-state index is -0.372. The van der Waals surface area contributed by atoms with E-state index in [-0.39, 0.29) is 23.9 Å². The fourth-order valence-electron chi connectivity index (χ4n) is 3.46. The number of nitriles is 1. The highest BCUT2D eigenvalue weighted by Crippen LogP contribution is 2.31. The minimum Gasteiger partial charge on any atom is -0.485 e. The zero-order valence-electron chi connectivity index (χ0n) is 15.1. The summed E-state index contributed by atoms with van der Waals surface area (Å²) in [7, 11) is 0. The van der Waals surface area contributed by atoms with Crippen LogP contribution in [-0.2, 0) is 13.2 Å². The molecule has 0 spiro atoms. The monoisotopic (exact) mass is 387 g/mol. The van der Waals surface area contributed by atoms with Crippen LogP contribution in [0.1, 0.15) is 17.0 Å². The highest BCUT2D eigenvalue weighted by molar-refractivity contribution is 5.68. The molecule has 3 aromatic heterocycles. The third-order valence-electron chi connectivity index (χ3n) is 4.81. The number of hydrogen-bond acceptors (Lipinski definition) is 6. The van der Waals surface area contributed by atoms with E-state index in [1.807, 2.05) is 10.6 Å². The molecular weight excluding hydrogens is 373 g/mol. The topological polar surface area (TPSA) is 108 Å². The van der Waals surface area contributed by atoms with Gasteiger partial charge >= 0.3 is 0 Å². The number of anilines is 1. The molecule has 1 aliphatic heterocycles. The maximum absolute atomic E-state index is 13.9. The number of rotatable bonds is 0. The van der Waals surface area contributed by atoms with Crippen molar-refractivity contribution in [2.24, 2.45) is 0 Å². The predicted octanol–water partition coefficient (Wildman–Crippen LogP) is 2.66. The first-order chi connectivity index (χ1) is 14.1. The van der Waals surface area contributed by atoms with Gasteiger partial charge in [-0.15, -0.1) is 0 Å². The number of halogens is 1. The molecule has 142 valence electrons. The van der Waals surface area contributed by atoms with Gasteiger partial charge in [-0.05, 0) is 30.3 Å². The highest BCUT2D eigenvalue weighted by atomic mass is 19.1. The van der Waals surface area contributed by atoms with Gasteiger partial charge in [0.25, 0.3) is 0 Å². The number of nitrogens with zero attached hydrogens (tertiary/aromatic N) is 6. The zero-order valence-corrected chi connectivity index (χ0v) is 15.1. The van der Waals surface area contributed by atoms with Crippen LogP contribution in [0.4, 0.5) is 10.2 Å². The number of nitrogens with two attached hydrogens (primary N) is 1. The Morgan fingerprint density at radius 2 is 2.10 bits per heavy atom. The first kappa shape index (κ1) is 16.9. The molecule has 0 radical (unpaired) electrons. The number of nitrogen functional groups attached to an aromatic ring is 1. The van der Waals surface area contributed by atoms with Crippen LogP contribution in [-0.4, -0.2) is 24.3 Å². The second-order valence-electron chi connectivity index (χ2n) is 6.58. The Kier molecular flexibility index (Phi) is 3.77. The Morgan fingerprint density at radius 3 is 2.97 bits per heavy atom. The summed E-state index contributed by atoms with van der Waals surface area (Å²) in [5.41, 5.74) is 9.65. The molecule has 2 N–H and O–H groups in total. The lowest BCUT2D eigenvalue weighted by molar-refractivity contribution is 0.305. The number of imidazole rings is 1. The number of hydrogen-bond donors (Lipinski definition) is 1. The standard InChI is InChI=1S/C20H14FN7O/c21-14-1-2-17-13(5-14)10-29-18-6-12(8-24-20(18)23)19-16(7-22)25-11-27(19)9-15-3-4-26-28(15)17/h1-6,8,11H,9-10H2,(H2,23,24). The summed E-state index contributed by atoms with van der Waals surface area (Å²) >= 11 is 0. The van der Waals surface area contributed by atoms with E-state index in [2.05, 4.69) is 21.1 Å². The van der Waals surface area contributed by atoms with E-state index in [1.54, 1.807) is 35.5 Å². The Labute approximate surface area is 164 Å². The van der Waals surface area contributed by atoms with Crippen molar-refractivity contribution in [3.63, 3.8) is 0 Å². The number of benzene rings is 1. The van der Waals surface area contributed by atoms with Gasteiger partial charge in [0.15, 0.2) is 17.3 Å². The van der Waals surface area contributed by atoms with Crippen molar-refractivity contribution in [2.75, 3.05) is 5.73 Å². The molecule has 8 nitrogen and oxygen atoms in total. The van der Waals surface area contributed by atoms with E-state index in [0.29, 0.717) is 34.8 Å². The van der Waals surface area contributed by atoms with E-state index in [0.717, 1.165) is 5.69 Å². The van der Waals surface area contributed by atoms with Crippen LogP contribution in [0.3, 0.4) is 0 Å². The maximum atomic E-state index is 13.9. The van der Waals surface area contributed by atoms with Gasteiger partial charge in [-0.2, -0.15) is 10.4 Å². The lowest BCUT2D eigenvalue weighted by Crippen LogP contribution is -2.12. The van der Waals surface area contributed by atoms with E-state index >= 15 is 0 Å². The quantitative estimate of drug-likeness (QED) is 0.497. The summed E-state index contributed by atoms with van der Waals surface area (Å²) < 4.78 is 23.4. The third-order valence-corrected chi connectivity index (χ3v) is 4.81. The van der Waals surface area contributed by atoms with Gasteiger partial charge in [0.2, 0.25) is 0 Å². The molecular formula is C20H14FN7O. The molecule has 0 saturated carbocycles. The summed E-state index contributed by atoms with van der Waals surface area (Å²) in [6.07, 6.45) is 4.84. The fourth-order valence-corrected chi connectivity index (χ4v) is 3.46. The first-order valence-corrected chi connectivity index (χ1v) is 8.79. The third kappa shape index (κ3) is 2.78. The summed E-state index contributed by atoms with van der Waals surface area (Å²) in [6.45, 7) is 0.480. The van der Waals surface area contributed by atoms with Crippen molar-refractivity contribution in [3.05, 3.63) is 71.8 Å². The Hall–Kier alpha value is -4.19. The zero-order chi connectivity index (χ0) is 20.0. The van der Waals surface area contributed by atoms with Crippen molar-refractivity contribution in [2.45, 2.75) is 13.2 Å². The maximum Gasteiger partial charge on any atom is 0.166 e. The minimum absolute atomic E-state index is 0.0755. The van der Waals surface area contributed by atoms with Gasteiger partial charge < -0.3 is 15.0 Å². The summed E-state index contributed by atoms with van der Waals surface area (Å²) in [5, 5.41) is 13.9. The SMILES string of the molecule is N#Cc1ncn2c1-c1cnc(N)c(c1)OCc1cc(F)ccc1-n1nccc1C2. The van der Waals surface area contributed by atoms with Crippen molar-refractivity contribution < 1.29 is 9.13 Å². The van der Waals surface area contributed by atoms with Gasteiger partial charge in [0.05, 0.1) is 29.9 Å². The lowest BCUT2D eigenvalue weighted by atomic mass is 10.1. The number of aromatic nitrogens is 5. The molecule has 29 heavy (non-hydrogen) atoms. The van der Waals surface area contributed by atoms with Crippen molar-refractivity contribution >= 4 is 5.82 Å². The number of fused-ring (bicyclic) bond motifs is 7. The van der Waals surface area contributed by atoms with Gasteiger partial charge in [-0.3, -0.25) is 0 Å². The fraction of sp³-hybridized carbons (Fsp3) is 0.100. The largest absolute Gasteiger partial charge is 0.485 e. The summed E-state index contributed by atoms with van der Waals surface area (Å²) in [4.78, 5) is 8.42. The lowest BCUT2D eigenvalue weighted by Gasteiger charge is -2.17. The summed E-state index contributed by atoms with van der Waals surface area (Å²) in [5.74, 6) is 0.173. The molecule has 1 aliphatic rings. The Morgan fingerprint density at radius 1 is 1.21 bits per heavy atom. The second-order valence-corrected chi connectivity index (χ2v) is 6.58. The van der Waals surface area contributed by atoms with E-state index < -0.39 is 0 Å². The molecule has 5 rings (SSSR count). The van der Waals surface area contributed by atoms with Crippen molar-refractivity contribution in [3.8, 4) is 28.8 Å². The van der Waals surface area contributed by atoms with Crippen molar-refractivity contribution in [1.82, 2.24) is 24.3 Å². The van der Waals surface area contributed by atoms with Gasteiger partial charge in [-0.25, -0.2) is 19.0 Å². The smallest absolute Gasteiger partial charge is 0.166 e. The molecule has 2 bridgehead atoms. The first-order valence-electron chi connectivity index (χ1n) is 8.79. The van der Waals surface area contributed by atoms with Crippen molar-refractivity contribution in [1.29, 1.82) is 5.26 Å². The van der Waals surface area contributed by atoms with E-state index in [9.17, 15) is 9.65 Å². The van der Waals surface area contributed by atoms with Crippen LogP contribution in [0, 0.1) is 17.1 Å². The predicted molar refractivity (Wildman–Crippen MR) is 102 cm³/mol. The second kappa shape index (κ2) is 6.45. The van der Waals surface area contributed by atoms with E-state index in [4.69, 9.17) is 10.5 Å². The molecule has 9 heteroatoms. The average Bonchev–Trinajstić information content (AvgIpc) is 3.34. The Balaban J connectivity index is 1.77. The van der Waals surface area contributed by atoms with Crippen LogP contribution < -0.4 is 10.5 Å². The number of ether oxygens (including phenoxy) is 1. The summed E-state index contributed by atoms with van der Waals surface area (Å²) in [6, 6.07) is 10.1. The molecule has 0 fully saturated rings. The van der Waals surface area contributed by atoms with Crippen LogP contribution in [0.2, 0.25) is 0 Å². The molecule has 0 atom stereocenters. The van der Waals surface area contributed by atoms with Crippen LogP contribution in [0.5, 0.6) is 5.75 Å². The van der Waals surface area contributed by atoms with Crippen LogP contribution in [0.15, 0.2) is 49.1 Å². The molecule has 0 amide bonds. The molecule has 4 heterocycles. The van der Waals surface area contributed by atoms with Gasteiger partial charge in [0.1, 0.15) is 18.5 Å². The Bertz CT molecular complexity index is 1280. The average molecular weight is 387 g/mol. The highest BCUT2D eigenvalue weighted by Gasteiger charge is 2.20. The molecule has 1 aromatic carbocycles. The molecule has 4 aromatic rings. The normalized spacial score (nSPS) is 12.4.